The molecule has 8 heteroatoms. The highest BCUT2D eigenvalue weighted by Gasteiger charge is 2.23. The Kier molecular flexibility index (Phi) is 6.17. The van der Waals surface area contributed by atoms with E-state index in [9.17, 15) is 9.18 Å². The van der Waals surface area contributed by atoms with Crippen molar-refractivity contribution < 1.29 is 18.7 Å². The minimum absolute atomic E-state index is 0.0741. The number of amides is 1. The summed E-state index contributed by atoms with van der Waals surface area (Å²) < 4.78 is 26.0. The number of rotatable bonds is 9. The van der Waals surface area contributed by atoms with Crippen molar-refractivity contribution in [2.75, 3.05) is 13.2 Å². The Labute approximate surface area is 151 Å². The molecule has 140 valence electrons. The molecule has 1 aliphatic heterocycles. The van der Waals surface area contributed by atoms with Crippen LogP contribution in [0.3, 0.4) is 0 Å². The largest absolute Gasteiger partial charge is 0.485 e. The summed E-state index contributed by atoms with van der Waals surface area (Å²) in [5, 5.41) is 7.42. The standard InChI is InChI=1S/C18H23FN4O3/c1-2-25-9-8-23-17(11-14-6-7-18(24)20-14)21-16(22-23)12-26-15-5-3-4-13(19)10-15/h3-5,10,14H,2,6-9,11-12H2,1H3,(H,20,24)/t14-/m1/s1. The number of hydrogen-bond donors (Lipinski definition) is 1. The Morgan fingerprint density at radius 1 is 1.42 bits per heavy atom. The first-order valence-electron chi connectivity index (χ1n) is 8.82. The number of aromatic nitrogens is 3. The molecule has 0 aliphatic carbocycles. The number of halogens is 1. The maximum Gasteiger partial charge on any atom is 0.220 e. The molecule has 0 spiro atoms. The lowest BCUT2D eigenvalue weighted by Gasteiger charge is -2.10. The van der Waals surface area contributed by atoms with Crippen molar-refractivity contribution in [1.29, 1.82) is 0 Å². The van der Waals surface area contributed by atoms with Crippen LogP contribution in [-0.4, -0.2) is 39.9 Å². The number of hydrogen-bond acceptors (Lipinski definition) is 5. The number of nitrogens with one attached hydrogen (secondary N) is 1. The van der Waals surface area contributed by atoms with Crippen molar-refractivity contribution in [3.63, 3.8) is 0 Å². The molecule has 2 aromatic rings. The zero-order valence-electron chi connectivity index (χ0n) is 14.8. The van der Waals surface area contributed by atoms with Crippen LogP contribution in [0.4, 0.5) is 4.39 Å². The summed E-state index contributed by atoms with van der Waals surface area (Å²) in [5.74, 6) is 1.46. The first-order valence-corrected chi connectivity index (χ1v) is 8.82. The van der Waals surface area contributed by atoms with E-state index in [2.05, 4.69) is 15.4 Å². The highest BCUT2D eigenvalue weighted by molar-refractivity contribution is 5.78. The number of carbonyl (C=O) groups excluding carboxylic acids is 1. The lowest BCUT2D eigenvalue weighted by atomic mass is 10.1. The Morgan fingerprint density at radius 2 is 2.31 bits per heavy atom. The molecular formula is C18H23FN4O3. The highest BCUT2D eigenvalue weighted by atomic mass is 19.1. The smallest absolute Gasteiger partial charge is 0.220 e. The summed E-state index contributed by atoms with van der Waals surface area (Å²) in [7, 11) is 0. The fourth-order valence-electron chi connectivity index (χ4n) is 2.87. The molecule has 0 radical (unpaired) electrons. The predicted molar refractivity (Wildman–Crippen MR) is 92.1 cm³/mol. The van der Waals surface area contributed by atoms with Gasteiger partial charge < -0.3 is 14.8 Å². The summed E-state index contributed by atoms with van der Waals surface area (Å²) in [6.07, 6.45) is 1.96. The summed E-state index contributed by atoms with van der Waals surface area (Å²) in [5.41, 5.74) is 0. The van der Waals surface area contributed by atoms with E-state index < -0.39 is 0 Å². The first-order chi connectivity index (χ1) is 12.6. The van der Waals surface area contributed by atoms with Crippen molar-refractivity contribution in [2.24, 2.45) is 0 Å². The van der Waals surface area contributed by atoms with Gasteiger partial charge in [0.2, 0.25) is 5.91 Å². The topological polar surface area (TPSA) is 78.3 Å². The molecule has 1 amide bonds. The SMILES string of the molecule is CCOCCn1nc(COc2cccc(F)c2)nc1C[C@H]1CCC(=O)N1. The van der Waals surface area contributed by atoms with Crippen LogP contribution in [0.2, 0.25) is 0 Å². The third-order valence-corrected chi connectivity index (χ3v) is 4.12. The third-order valence-electron chi connectivity index (χ3n) is 4.12. The monoisotopic (exact) mass is 362 g/mol. The fraction of sp³-hybridized carbons (Fsp3) is 0.500. The normalized spacial score (nSPS) is 16.7. The van der Waals surface area contributed by atoms with Crippen molar-refractivity contribution in [3.8, 4) is 5.75 Å². The van der Waals surface area contributed by atoms with E-state index in [1.807, 2.05) is 6.92 Å². The van der Waals surface area contributed by atoms with E-state index in [4.69, 9.17) is 9.47 Å². The molecule has 1 aliphatic rings. The van der Waals surface area contributed by atoms with Gasteiger partial charge in [0.25, 0.3) is 0 Å². The van der Waals surface area contributed by atoms with E-state index >= 15 is 0 Å². The van der Waals surface area contributed by atoms with Crippen LogP contribution in [0, 0.1) is 5.82 Å². The third kappa shape index (κ3) is 5.01. The lowest BCUT2D eigenvalue weighted by Crippen LogP contribution is -2.28. The van der Waals surface area contributed by atoms with Gasteiger partial charge in [-0.2, -0.15) is 5.10 Å². The molecule has 1 N–H and O–H groups in total. The Morgan fingerprint density at radius 3 is 3.04 bits per heavy atom. The molecule has 26 heavy (non-hydrogen) atoms. The summed E-state index contributed by atoms with van der Waals surface area (Å²) >= 11 is 0. The van der Waals surface area contributed by atoms with Crippen molar-refractivity contribution in [2.45, 2.75) is 45.4 Å². The van der Waals surface area contributed by atoms with Crippen LogP contribution in [0.5, 0.6) is 5.75 Å². The van der Waals surface area contributed by atoms with Gasteiger partial charge in [-0.25, -0.2) is 14.1 Å². The fourth-order valence-corrected chi connectivity index (χ4v) is 2.87. The van der Waals surface area contributed by atoms with E-state index in [-0.39, 0.29) is 24.4 Å². The molecule has 0 unspecified atom stereocenters. The van der Waals surface area contributed by atoms with Gasteiger partial charge in [0.15, 0.2) is 5.82 Å². The highest BCUT2D eigenvalue weighted by Crippen LogP contribution is 2.15. The molecule has 0 saturated carbocycles. The summed E-state index contributed by atoms with van der Waals surface area (Å²) in [6, 6.07) is 6.04. The zero-order chi connectivity index (χ0) is 18.4. The van der Waals surface area contributed by atoms with Gasteiger partial charge >= 0.3 is 0 Å². The second-order valence-electron chi connectivity index (χ2n) is 6.12. The minimum Gasteiger partial charge on any atom is -0.485 e. The molecule has 0 bridgehead atoms. The second kappa shape index (κ2) is 8.75. The Bertz CT molecular complexity index is 750. The van der Waals surface area contributed by atoms with E-state index in [1.54, 1.807) is 16.8 Å². The van der Waals surface area contributed by atoms with Gasteiger partial charge in [-0.1, -0.05) is 6.07 Å². The number of carbonyl (C=O) groups is 1. The van der Waals surface area contributed by atoms with Gasteiger partial charge in [-0.15, -0.1) is 0 Å². The van der Waals surface area contributed by atoms with Crippen LogP contribution in [0.15, 0.2) is 24.3 Å². The van der Waals surface area contributed by atoms with Gasteiger partial charge in [0.05, 0.1) is 13.2 Å². The maximum atomic E-state index is 13.2. The molecule has 1 aromatic carbocycles. The summed E-state index contributed by atoms with van der Waals surface area (Å²) in [6.45, 7) is 3.84. The molecule has 2 heterocycles. The Hall–Kier alpha value is -2.48. The lowest BCUT2D eigenvalue weighted by molar-refractivity contribution is -0.119. The minimum atomic E-state index is -0.352. The molecule has 1 atom stereocenters. The van der Waals surface area contributed by atoms with Crippen molar-refractivity contribution in [3.05, 3.63) is 41.7 Å². The quantitative estimate of drug-likeness (QED) is 0.689. The maximum absolute atomic E-state index is 13.2. The van der Waals surface area contributed by atoms with E-state index in [1.165, 1.54) is 12.1 Å². The van der Waals surface area contributed by atoms with Gasteiger partial charge in [-0.05, 0) is 25.5 Å². The van der Waals surface area contributed by atoms with Crippen LogP contribution in [-0.2, 0) is 29.1 Å². The van der Waals surface area contributed by atoms with Crippen LogP contribution in [0.25, 0.3) is 0 Å². The number of benzene rings is 1. The van der Waals surface area contributed by atoms with Crippen LogP contribution >= 0.6 is 0 Å². The van der Waals surface area contributed by atoms with Crippen molar-refractivity contribution in [1.82, 2.24) is 20.1 Å². The zero-order valence-corrected chi connectivity index (χ0v) is 14.8. The average Bonchev–Trinajstić information content (AvgIpc) is 3.20. The molecule has 1 aromatic heterocycles. The molecule has 3 rings (SSSR count). The number of nitrogens with zero attached hydrogens (tertiary/aromatic N) is 3. The van der Waals surface area contributed by atoms with Gasteiger partial charge in [0.1, 0.15) is 24.0 Å². The molecule has 1 fully saturated rings. The predicted octanol–water partition coefficient (Wildman–Crippen LogP) is 1.85. The first kappa shape index (κ1) is 18.3. The van der Waals surface area contributed by atoms with Gasteiger partial charge in [-0.3, -0.25) is 4.79 Å². The molecule has 7 nitrogen and oxygen atoms in total. The second-order valence-corrected chi connectivity index (χ2v) is 6.12. The van der Waals surface area contributed by atoms with Crippen LogP contribution < -0.4 is 10.1 Å². The molecule has 1 saturated heterocycles. The average molecular weight is 362 g/mol. The van der Waals surface area contributed by atoms with Crippen LogP contribution in [0.1, 0.15) is 31.4 Å². The molecular weight excluding hydrogens is 339 g/mol. The van der Waals surface area contributed by atoms with E-state index in [0.29, 0.717) is 44.2 Å². The van der Waals surface area contributed by atoms with Crippen molar-refractivity contribution >= 4 is 5.91 Å². The number of ether oxygens (including phenoxy) is 2. The summed E-state index contributed by atoms with van der Waals surface area (Å²) in [4.78, 5) is 15.9. The van der Waals surface area contributed by atoms with Gasteiger partial charge in [0, 0.05) is 31.6 Å². The Balaban J connectivity index is 1.66. The van der Waals surface area contributed by atoms with E-state index in [0.717, 1.165) is 12.2 Å².